The highest BCUT2D eigenvalue weighted by Crippen LogP contribution is 2.26. The van der Waals surface area contributed by atoms with Crippen LogP contribution in [0, 0.1) is 12.7 Å². The number of benzene rings is 2. The van der Waals surface area contributed by atoms with Crippen LogP contribution in [0.25, 0.3) is 0 Å². The minimum atomic E-state index is -0.354. The number of halogens is 2. The molecule has 3 nitrogen and oxygen atoms in total. The molecule has 2 rings (SSSR count). The van der Waals surface area contributed by atoms with Gasteiger partial charge in [-0.15, -0.1) is 0 Å². The first-order valence-electron chi connectivity index (χ1n) is 8.96. The van der Waals surface area contributed by atoms with Gasteiger partial charge in [0, 0.05) is 23.2 Å². The number of hydrogen-bond acceptors (Lipinski definition) is 3. The molecule has 1 atom stereocenters. The number of nitrogens with one attached hydrogen (secondary N) is 1. The van der Waals surface area contributed by atoms with Gasteiger partial charge in [0.2, 0.25) is 0 Å². The van der Waals surface area contributed by atoms with Crippen LogP contribution in [0.4, 0.5) is 4.39 Å². The van der Waals surface area contributed by atoms with E-state index in [0.29, 0.717) is 17.7 Å². The summed E-state index contributed by atoms with van der Waals surface area (Å²) in [6.45, 7) is 8.40. The standard InChI is InChI=1S/C21H26ClFN2O/c1-4-25(5-2)20(17-8-6-7-9-18(17)22)13-24-14-21(26)16-11-10-15(3)19(23)12-16/h6-12,20,24H,4-5,13-14H2,1-3H3. The predicted octanol–water partition coefficient (Wildman–Crippen LogP) is 4.64. The molecule has 26 heavy (non-hydrogen) atoms. The molecule has 0 saturated carbocycles. The summed E-state index contributed by atoms with van der Waals surface area (Å²) in [4.78, 5) is 14.6. The van der Waals surface area contributed by atoms with Gasteiger partial charge in [0.25, 0.3) is 0 Å². The van der Waals surface area contributed by atoms with Crippen LogP contribution >= 0.6 is 11.6 Å². The normalized spacial score (nSPS) is 12.4. The van der Waals surface area contributed by atoms with E-state index in [2.05, 4.69) is 24.1 Å². The summed E-state index contributed by atoms with van der Waals surface area (Å²) in [7, 11) is 0. The predicted molar refractivity (Wildman–Crippen MR) is 105 cm³/mol. The molecule has 0 spiro atoms. The van der Waals surface area contributed by atoms with Crippen molar-refractivity contribution in [2.24, 2.45) is 0 Å². The SMILES string of the molecule is CCN(CC)C(CNCC(=O)c1ccc(C)c(F)c1)c1ccccc1Cl. The molecule has 0 fully saturated rings. The number of likely N-dealkylation sites (N-methyl/N-ethyl adjacent to an activating group) is 1. The first kappa shape index (κ1) is 20.6. The third-order valence-corrected chi connectivity index (χ3v) is 4.98. The van der Waals surface area contributed by atoms with Crippen LogP contribution in [-0.2, 0) is 0 Å². The number of carbonyl (C=O) groups excluding carboxylic acids is 1. The molecular formula is C21H26ClFN2O. The van der Waals surface area contributed by atoms with Crippen LogP contribution in [-0.4, -0.2) is 36.9 Å². The number of rotatable bonds is 9. The summed E-state index contributed by atoms with van der Waals surface area (Å²) in [5.41, 5.74) is 1.96. The number of carbonyl (C=O) groups is 1. The van der Waals surface area contributed by atoms with E-state index in [4.69, 9.17) is 11.6 Å². The van der Waals surface area contributed by atoms with E-state index in [1.807, 2.05) is 24.3 Å². The summed E-state index contributed by atoms with van der Waals surface area (Å²) in [6.07, 6.45) is 0. The van der Waals surface area contributed by atoms with Gasteiger partial charge in [0.05, 0.1) is 6.54 Å². The Hall–Kier alpha value is -1.75. The molecule has 0 heterocycles. The zero-order valence-electron chi connectivity index (χ0n) is 15.6. The van der Waals surface area contributed by atoms with Gasteiger partial charge in [0.15, 0.2) is 5.78 Å². The Balaban J connectivity index is 2.06. The average molecular weight is 377 g/mol. The van der Waals surface area contributed by atoms with Crippen LogP contribution in [0.15, 0.2) is 42.5 Å². The second kappa shape index (κ2) is 9.81. The van der Waals surface area contributed by atoms with Gasteiger partial charge in [-0.2, -0.15) is 0 Å². The maximum absolute atomic E-state index is 13.7. The molecule has 0 aliphatic rings. The van der Waals surface area contributed by atoms with Gasteiger partial charge in [-0.3, -0.25) is 9.69 Å². The molecule has 5 heteroatoms. The Bertz CT molecular complexity index is 747. The minimum Gasteiger partial charge on any atom is -0.308 e. The minimum absolute atomic E-state index is 0.0706. The van der Waals surface area contributed by atoms with Gasteiger partial charge in [-0.25, -0.2) is 4.39 Å². The molecule has 0 aliphatic carbocycles. The highest BCUT2D eigenvalue weighted by Gasteiger charge is 2.20. The largest absolute Gasteiger partial charge is 0.308 e. The summed E-state index contributed by atoms with van der Waals surface area (Å²) in [5, 5.41) is 3.94. The number of Topliss-reactive ketones (excluding diaryl/α,β-unsaturated/α-hetero) is 1. The first-order chi connectivity index (χ1) is 12.5. The molecule has 140 valence electrons. The molecule has 0 radical (unpaired) electrons. The maximum atomic E-state index is 13.7. The van der Waals surface area contributed by atoms with Gasteiger partial charge >= 0.3 is 0 Å². The van der Waals surface area contributed by atoms with E-state index in [1.165, 1.54) is 6.07 Å². The van der Waals surface area contributed by atoms with Crippen molar-refractivity contribution >= 4 is 17.4 Å². The van der Waals surface area contributed by atoms with E-state index < -0.39 is 0 Å². The molecule has 0 saturated heterocycles. The Morgan fingerprint density at radius 3 is 2.50 bits per heavy atom. The van der Waals surface area contributed by atoms with Crippen molar-refractivity contribution in [2.75, 3.05) is 26.2 Å². The first-order valence-corrected chi connectivity index (χ1v) is 9.34. The Kier molecular flexibility index (Phi) is 7.76. The van der Waals surface area contributed by atoms with Gasteiger partial charge in [-0.05, 0) is 43.3 Å². The van der Waals surface area contributed by atoms with E-state index in [9.17, 15) is 9.18 Å². The Labute approximate surface area is 160 Å². The monoisotopic (exact) mass is 376 g/mol. The van der Waals surface area contributed by atoms with Crippen LogP contribution in [0.2, 0.25) is 5.02 Å². The molecule has 1 N–H and O–H groups in total. The second-order valence-electron chi connectivity index (χ2n) is 6.28. The third-order valence-electron chi connectivity index (χ3n) is 4.63. The van der Waals surface area contributed by atoms with Crippen molar-refractivity contribution < 1.29 is 9.18 Å². The smallest absolute Gasteiger partial charge is 0.176 e. The molecule has 2 aromatic rings. The third kappa shape index (κ3) is 5.13. The van der Waals surface area contributed by atoms with Crippen LogP contribution in [0.3, 0.4) is 0 Å². The van der Waals surface area contributed by atoms with E-state index in [0.717, 1.165) is 23.7 Å². The van der Waals surface area contributed by atoms with Crippen molar-refractivity contribution in [3.63, 3.8) is 0 Å². The van der Waals surface area contributed by atoms with Crippen molar-refractivity contribution in [2.45, 2.75) is 26.8 Å². The Morgan fingerprint density at radius 1 is 1.19 bits per heavy atom. The van der Waals surface area contributed by atoms with Crippen LogP contribution < -0.4 is 5.32 Å². The highest BCUT2D eigenvalue weighted by molar-refractivity contribution is 6.31. The molecule has 1 unspecified atom stereocenters. The fraction of sp³-hybridized carbons (Fsp3) is 0.381. The number of aryl methyl sites for hydroxylation is 1. The Morgan fingerprint density at radius 2 is 1.88 bits per heavy atom. The molecule has 0 aromatic heterocycles. The number of hydrogen-bond donors (Lipinski definition) is 1. The molecule has 0 amide bonds. The summed E-state index contributed by atoms with van der Waals surface area (Å²) < 4.78 is 13.7. The topological polar surface area (TPSA) is 32.3 Å². The molecule has 0 bridgehead atoms. The lowest BCUT2D eigenvalue weighted by Gasteiger charge is -2.31. The fourth-order valence-electron chi connectivity index (χ4n) is 3.04. The molecule has 0 aliphatic heterocycles. The van der Waals surface area contributed by atoms with Crippen LogP contribution in [0.5, 0.6) is 0 Å². The van der Waals surface area contributed by atoms with Crippen molar-refractivity contribution in [3.8, 4) is 0 Å². The van der Waals surface area contributed by atoms with Crippen molar-refractivity contribution in [1.82, 2.24) is 10.2 Å². The lowest BCUT2D eigenvalue weighted by molar-refractivity contribution is 0.0986. The maximum Gasteiger partial charge on any atom is 0.176 e. The lowest BCUT2D eigenvalue weighted by Crippen LogP contribution is -2.37. The van der Waals surface area contributed by atoms with E-state index >= 15 is 0 Å². The zero-order valence-corrected chi connectivity index (χ0v) is 16.3. The van der Waals surface area contributed by atoms with Crippen LogP contribution in [0.1, 0.15) is 41.4 Å². The summed E-state index contributed by atoms with van der Waals surface area (Å²) >= 11 is 6.38. The van der Waals surface area contributed by atoms with Gasteiger partial charge in [-0.1, -0.05) is 55.8 Å². The van der Waals surface area contributed by atoms with Crippen molar-refractivity contribution in [1.29, 1.82) is 0 Å². The highest BCUT2D eigenvalue weighted by atomic mass is 35.5. The van der Waals surface area contributed by atoms with Crippen molar-refractivity contribution in [3.05, 3.63) is 70.0 Å². The summed E-state index contributed by atoms with van der Waals surface area (Å²) in [6, 6.07) is 12.4. The van der Waals surface area contributed by atoms with Gasteiger partial charge < -0.3 is 5.32 Å². The lowest BCUT2D eigenvalue weighted by atomic mass is 10.0. The molecular weight excluding hydrogens is 351 g/mol. The quantitative estimate of drug-likeness (QED) is 0.647. The number of nitrogens with zero attached hydrogens (tertiary/aromatic N) is 1. The van der Waals surface area contributed by atoms with Gasteiger partial charge in [0.1, 0.15) is 5.82 Å². The van der Waals surface area contributed by atoms with E-state index in [-0.39, 0.29) is 24.2 Å². The molecule has 2 aromatic carbocycles. The second-order valence-corrected chi connectivity index (χ2v) is 6.68. The average Bonchev–Trinajstić information content (AvgIpc) is 2.64. The summed E-state index contributed by atoms with van der Waals surface area (Å²) in [5.74, 6) is -0.478. The van der Waals surface area contributed by atoms with E-state index in [1.54, 1.807) is 19.1 Å². The fourth-order valence-corrected chi connectivity index (χ4v) is 3.30. The number of ketones is 1. The zero-order chi connectivity index (χ0) is 19.1.